The number of rotatable bonds is 3. The molecule has 4 heteroatoms. The van der Waals surface area contributed by atoms with Crippen LogP contribution in [0.15, 0.2) is 54.7 Å². The number of anilines is 2. The molecular formula is C17H14N4. The topological polar surface area (TPSA) is 74.7 Å². The van der Waals surface area contributed by atoms with Crippen molar-refractivity contribution >= 4 is 22.3 Å². The van der Waals surface area contributed by atoms with Crippen LogP contribution in [0.4, 0.5) is 11.4 Å². The number of nitrogens with one attached hydrogen (secondary N) is 1. The third-order valence-electron chi connectivity index (χ3n) is 3.37. The van der Waals surface area contributed by atoms with Gasteiger partial charge in [-0.25, -0.2) is 0 Å². The van der Waals surface area contributed by atoms with E-state index in [-0.39, 0.29) is 0 Å². The molecule has 0 saturated heterocycles. The van der Waals surface area contributed by atoms with E-state index in [1.165, 1.54) is 0 Å². The molecule has 3 aromatic rings. The van der Waals surface area contributed by atoms with Gasteiger partial charge in [0, 0.05) is 18.1 Å². The highest BCUT2D eigenvalue weighted by molar-refractivity contribution is 5.96. The van der Waals surface area contributed by atoms with Crippen LogP contribution >= 0.6 is 0 Å². The summed E-state index contributed by atoms with van der Waals surface area (Å²) < 4.78 is 0. The van der Waals surface area contributed by atoms with Crippen LogP contribution in [0.2, 0.25) is 0 Å². The smallest absolute Gasteiger partial charge is 0.0991 e. The number of hydrogen-bond donors (Lipinski definition) is 2. The highest BCUT2D eigenvalue weighted by Crippen LogP contribution is 2.27. The fraction of sp³-hybridized carbons (Fsp3) is 0.0588. The lowest BCUT2D eigenvalue weighted by Crippen LogP contribution is -2.03. The van der Waals surface area contributed by atoms with E-state index in [1.807, 2.05) is 42.5 Å². The summed E-state index contributed by atoms with van der Waals surface area (Å²) in [6.07, 6.45) is 1.75. The van der Waals surface area contributed by atoms with Gasteiger partial charge in [-0.2, -0.15) is 5.26 Å². The van der Waals surface area contributed by atoms with E-state index in [0.717, 1.165) is 22.2 Å². The first-order chi connectivity index (χ1) is 10.3. The maximum Gasteiger partial charge on any atom is 0.0991 e. The average molecular weight is 274 g/mol. The number of fused-ring (bicyclic) bond motifs is 1. The van der Waals surface area contributed by atoms with Crippen LogP contribution < -0.4 is 11.1 Å². The number of nitrogens with zero attached hydrogens (tertiary/aromatic N) is 2. The van der Waals surface area contributed by atoms with E-state index < -0.39 is 0 Å². The third kappa shape index (κ3) is 2.63. The molecule has 0 aliphatic heterocycles. The fourth-order valence-electron chi connectivity index (χ4n) is 2.28. The molecule has 0 bridgehead atoms. The minimum atomic E-state index is 0.617. The number of aromatic nitrogens is 1. The van der Waals surface area contributed by atoms with Crippen molar-refractivity contribution in [3.05, 3.63) is 65.9 Å². The van der Waals surface area contributed by atoms with E-state index >= 15 is 0 Å². The maximum atomic E-state index is 8.91. The molecule has 102 valence electrons. The number of nitrogens with two attached hydrogens (primary N) is 1. The number of pyridine rings is 1. The van der Waals surface area contributed by atoms with Gasteiger partial charge < -0.3 is 11.1 Å². The zero-order valence-corrected chi connectivity index (χ0v) is 11.4. The summed E-state index contributed by atoms with van der Waals surface area (Å²) >= 11 is 0. The van der Waals surface area contributed by atoms with E-state index in [9.17, 15) is 0 Å². The molecule has 0 radical (unpaired) electrons. The van der Waals surface area contributed by atoms with Gasteiger partial charge in [0.2, 0.25) is 0 Å². The molecule has 1 aromatic heterocycles. The van der Waals surface area contributed by atoms with Gasteiger partial charge in [-0.15, -0.1) is 0 Å². The summed E-state index contributed by atoms with van der Waals surface area (Å²) in [5, 5.41) is 13.2. The van der Waals surface area contributed by atoms with Crippen LogP contribution in [0.3, 0.4) is 0 Å². The molecule has 4 nitrogen and oxygen atoms in total. The molecule has 0 saturated carbocycles. The molecular weight excluding hydrogens is 260 g/mol. The Morgan fingerprint density at radius 1 is 1.14 bits per heavy atom. The summed E-state index contributed by atoms with van der Waals surface area (Å²) in [6.45, 7) is 0.617. The standard InChI is InChI=1S/C17H14N4/c18-10-12-3-1-4-13(9-12)11-21-16-7-6-15-14(17(16)19)5-2-8-20-15/h1-9,21H,11,19H2. The van der Waals surface area contributed by atoms with Crippen LogP contribution in [0, 0.1) is 11.3 Å². The summed E-state index contributed by atoms with van der Waals surface area (Å²) in [4.78, 5) is 4.28. The van der Waals surface area contributed by atoms with E-state index in [4.69, 9.17) is 11.0 Å². The molecule has 21 heavy (non-hydrogen) atoms. The molecule has 0 amide bonds. The highest BCUT2D eigenvalue weighted by atomic mass is 14.9. The van der Waals surface area contributed by atoms with E-state index in [0.29, 0.717) is 17.8 Å². The number of nitriles is 1. The number of hydrogen-bond acceptors (Lipinski definition) is 4. The van der Waals surface area contributed by atoms with Gasteiger partial charge in [0.25, 0.3) is 0 Å². The Morgan fingerprint density at radius 2 is 2.05 bits per heavy atom. The molecule has 0 aliphatic carbocycles. The van der Waals surface area contributed by atoms with Crippen molar-refractivity contribution in [2.75, 3.05) is 11.1 Å². The first-order valence-corrected chi connectivity index (χ1v) is 6.64. The zero-order chi connectivity index (χ0) is 14.7. The molecule has 0 unspecified atom stereocenters. The zero-order valence-electron chi connectivity index (χ0n) is 11.4. The van der Waals surface area contributed by atoms with Crippen molar-refractivity contribution in [2.45, 2.75) is 6.54 Å². The largest absolute Gasteiger partial charge is 0.397 e. The predicted octanol–water partition coefficient (Wildman–Crippen LogP) is 3.30. The Morgan fingerprint density at radius 3 is 2.90 bits per heavy atom. The summed E-state index contributed by atoms with van der Waals surface area (Å²) in [7, 11) is 0. The Hall–Kier alpha value is -3.06. The second kappa shape index (κ2) is 5.51. The first-order valence-electron chi connectivity index (χ1n) is 6.64. The Bertz CT molecular complexity index is 834. The molecule has 0 fully saturated rings. The van der Waals surface area contributed by atoms with Gasteiger partial charge in [-0.05, 0) is 42.0 Å². The highest BCUT2D eigenvalue weighted by Gasteiger charge is 2.04. The second-order valence-corrected chi connectivity index (χ2v) is 4.76. The van der Waals surface area contributed by atoms with E-state index in [1.54, 1.807) is 12.3 Å². The minimum absolute atomic E-state index is 0.617. The van der Waals surface area contributed by atoms with Crippen molar-refractivity contribution in [2.24, 2.45) is 0 Å². The summed E-state index contributed by atoms with van der Waals surface area (Å²) in [5.41, 5.74) is 10.3. The molecule has 1 heterocycles. The van der Waals surface area contributed by atoms with Crippen molar-refractivity contribution in [3.63, 3.8) is 0 Å². The maximum absolute atomic E-state index is 8.91. The van der Waals surface area contributed by atoms with Crippen LogP contribution in [0.5, 0.6) is 0 Å². The number of benzene rings is 2. The summed E-state index contributed by atoms with van der Waals surface area (Å²) in [5.74, 6) is 0. The Kier molecular flexibility index (Phi) is 3.40. The molecule has 3 N–H and O–H groups in total. The monoisotopic (exact) mass is 274 g/mol. The molecule has 0 atom stereocenters. The van der Waals surface area contributed by atoms with Crippen molar-refractivity contribution in [1.82, 2.24) is 4.98 Å². The lowest BCUT2D eigenvalue weighted by molar-refractivity contribution is 1.15. The normalized spacial score (nSPS) is 10.2. The van der Waals surface area contributed by atoms with Gasteiger partial charge in [0.15, 0.2) is 0 Å². The molecule has 3 rings (SSSR count). The van der Waals surface area contributed by atoms with Gasteiger partial charge >= 0.3 is 0 Å². The number of nitrogen functional groups attached to an aromatic ring is 1. The second-order valence-electron chi connectivity index (χ2n) is 4.76. The van der Waals surface area contributed by atoms with E-state index in [2.05, 4.69) is 16.4 Å². The van der Waals surface area contributed by atoms with Gasteiger partial charge in [0.1, 0.15) is 0 Å². The SMILES string of the molecule is N#Cc1cccc(CNc2ccc3ncccc3c2N)c1. The van der Waals surface area contributed by atoms with Crippen LogP contribution in [0.1, 0.15) is 11.1 Å². The van der Waals surface area contributed by atoms with Crippen LogP contribution in [0.25, 0.3) is 10.9 Å². The quantitative estimate of drug-likeness (QED) is 0.718. The van der Waals surface area contributed by atoms with Crippen molar-refractivity contribution < 1.29 is 0 Å². The fourth-order valence-corrected chi connectivity index (χ4v) is 2.28. The Labute approximate surface area is 122 Å². The first kappa shape index (κ1) is 12.9. The molecule has 2 aromatic carbocycles. The average Bonchev–Trinajstić information content (AvgIpc) is 2.55. The molecule has 0 aliphatic rings. The van der Waals surface area contributed by atoms with Gasteiger partial charge in [0.05, 0.1) is 28.5 Å². The Balaban J connectivity index is 1.85. The lowest BCUT2D eigenvalue weighted by Gasteiger charge is -2.11. The van der Waals surface area contributed by atoms with Gasteiger partial charge in [-0.1, -0.05) is 12.1 Å². The summed E-state index contributed by atoms with van der Waals surface area (Å²) in [6, 6.07) is 17.4. The third-order valence-corrected chi connectivity index (χ3v) is 3.37. The van der Waals surface area contributed by atoms with Crippen molar-refractivity contribution in [1.29, 1.82) is 5.26 Å². The van der Waals surface area contributed by atoms with Crippen LogP contribution in [-0.2, 0) is 6.54 Å². The minimum Gasteiger partial charge on any atom is -0.397 e. The van der Waals surface area contributed by atoms with Crippen molar-refractivity contribution in [3.8, 4) is 6.07 Å². The van der Waals surface area contributed by atoms with Gasteiger partial charge in [-0.3, -0.25) is 4.98 Å². The molecule has 0 spiro atoms. The lowest BCUT2D eigenvalue weighted by atomic mass is 10.1. The van der Waals surface area contributed by atoms with Crippen LogP contribution in [-0.4, -0.2) is 4.98 Å². The predicted molar refractivity (Wildman–Crippen MR) is 84.6 cm³/mol.